The quantitative estimate of drug-likeness (QED) is 0.365. The summed E-state index contributed by atoms with van der Waals surface area (Å²) in [6.45, 7) is 5.27. The van der Waals surface area contributed by atoms with E-state index in [9.17, 15) is 4.79 Å². The number of nitrogens with zero attached hydrogens (tertiary/aromatic N) is 8. The number of aliphatic imine (C=N–C) groups is 1. The second-order valence-corrected chi connectivity index (χ2v) is 10.1. The summed E-state index contributed by atoms with van der Waals surface area (Å²) in [5.41, 5.74) is 2.38. The zero-order valence-electron chi connectivity index (χ0n) is 21.4. The molecule has 0 spiro atoms. The van der Waals surface area contributed by atoms with E-state index in [2.05, 4.69) is 39.1 Å². The van der Waals surface area contributed by atoms with Gasteiger partial charge in [0.2, 0.25) is 5.78 Å². The minimum Gasteiger partial charge on any atom is -0.490 e. The van der Waals surface area contributed by atoms with Gasteiger partial charge in [0, 0.05) is 52.0 Å². The second kappa shape index (κ2) is 9.07. The van der Waals surface area contributed by atoms with Crippen molar-refractivity contribution in [1.29, 1.82) is 0 Å². The van der Waals surface area contributed by atoms with E-state index in [4.69, 9.17) is 20.0 Å². The van der Waals surface area contributed by atoms with Gasteiger partial charge in [-0.15, -0.1) is 0 Å². The summed E-state index contributed by atoms with van der Waals surface area (Å²) < 4.78 is 16.5. The van der Waals surface area contributed by atoms with Crippen LogP contribution < -0.4 is 26.2 Å². The summed E-state index contributed by atoms with van der Waals surface area (Å²) in [6.07, 6.45) is 4.35. The van der Waals surface area contributed by atoms with E-state index in [1.165, 1.54) is 23.5 Å². The largest absolute Gasteiger partial charge is 0.490 e. The predicted molar refractivity (Wildman–Crippen MR) is 143 cm³/mol. The van der Waals surface area contributed by atoms with Crippen LogP contribution in [0.15, 0.2) is 56.9 Å². The number of aromatic nitrogens is 4. The molecule has 198 valence electrons. The van der Waals surface area contributed by atoms with E-state index in [0.29, 0.717) is 41.4 Å². The Morgan fingerprint density at radius 2 is 1.87 bits per heavy atom. The highest BCUT2D eigenvalue weighted by atomic mass is 16.5. The molecular weight excluding hydrogens is 486 g/mol. The lowest BCUT2D eigenvalue weighted by Gasteiger charge is -2.36. The fraction of sp³-hybridized carbons (Fsp3) is 0.423. The average Bonchev–Trinajstić information content (AvgIpc) is 3.33. The maximum absolute atomic E-state index is 13.2. The summed E-state index contributed by atoms with van der Waals surface area (Å²) >= 11 is 0. The molecule has 2 fully saturated rings. The van der Waals surface area contributed by atoms with Gasteiger partial charge < -0.3 is 14.1 Å². The van der Waals surface area contributed by atoms with E-state index in [1.807, 2.05) is 12.1 Å². The van der Waals surface area contributed by atoms with Crippen molar-refractivity contribution in [3.63, 3.8) is 0 Å². The van der Waals surface area contributed by atoms with Crippen LogP contribution >= 0.6 is 0 Å². The number of rotatable bonds is 7. The molecule has 12 heteroatoms. The zero-order valence-corrected chi connectivity index (χ0v) is 21.4. The van der Waals surface area contributed by atoms with E-state index in [0.717, 1.165) is 38.5 Å². The van der Waals surface area contributed by atoms with E-state index >= 15 is 0 Å². The number of imidazole rings is 1. The average molecular weight is 518 g/mol. The Hall–Kier alpha value is -4.03. The van der Waals surface area contributed by atoms with Crippen molar-refractivity contribution in [2.24, 2.45) is 17.9 Å². The van der Waals surface area contributed by atoms with Crippen LogP contribution in [-0.4, -0.2) is 74.9 Å². The van der Waals surface area contributed by atoms with Gasteiger partial charge in [-0.1, -0.05) is 0 Å². The first-order chi connectivity index (χ1) is 18.6. The molecule has 2 aliphatic heterocycles. The summed E-state index contributed by atoms with van der Waals surface area (Å²) in [4.78, 5) is 27.4. The fourth-order valence-corrected chi connectivity index (χ4v) is 5.28. The maximum atomic E-state index is 13.2. The van der Waals surface area contributed by atoms with Crippen LogP contribution in [0.25, 0.3) is 5.78 Å². The highest BCUT2D eigenvalue weighted by Gasteiger charge is 2.31. The maximum Gasteiger partial charge on any atom is 0.345 e. The summed E-state index contributed by atoms with van der Waals surface area (Å²) in [6, 6.07) is 12.1. The van der Waals surface area contributed by atoms with Crippen LogP contribution in [-0.2, 0) is 13.6 Å². The Morgan fingerprint density at radius 1 is 1.08 bits per heavy atom. The molecule has 38 heavy (non-hydrogen) atoms. The summed E-state index contributed by atoms with van der Waals surface area (Å²) in [7, 11) is 1.74. The molecule has 0 bridgehead atoms. The lowest BCUT2D eigenvalue weighted by atomic mass is 10.2. The molecule has 1 saturated carbocycles. The topological polar surface area (TPSA) is 115 Å². The van der Waals surface area contributed by atoms with Crippen molar-refractivity contribution in [2.45, 2.75) is 25.5 Å². The Morgan fingerprint density at radius 3 is 2.58 bits per heavy atom. The number of hydrogen-bond acceptors (Lipinski definition) is 9. The van der Waals surface area contributed by atoms with Gasteiger partial charge in [-0.3, -0.25) is 19.5 Å². The van der Waals surface area contributed by atoms with Crippen LogP contribution in [0.1, 0.15) is 24.3 Å². The molecule has 2 N–H and O–H groups in total. The molecule has 1 aliphatic carbocycles. The van der Waals surface area contributed by atoms with E-state index < -0.39 is 0 Å². The number of furan rings is 1. The first kappa shape index (κ1) is 23.1. The molecule has 7 rings (SSSR count). The van der Waals surface area contributed by atoms with Gasteiger partial charge in [-0.05, 0) is 49.2 Å². The molecule has 0 radical (unpaired) electrons. The molecule has 3 aliphatic rings. The van der Waals surface area contributed by atoms with Gasteiger partial charge in [-0.25, -0.2) is 19.8 Å². The molecule has 12 nitrogen and oxygen atoms in total. The molecule has 1 saturated heterocycles. The number of ether oxygens (including phenoxy) is 1. The molecule has 0 unspecified atom stereocenters. The highest BCUT2D eigenvalue weighted by molar-refractivity contribution is 6.14. The van der Waals surface area contributed by atoms with E-state index in [1.54, 1.807) is 27.1 Å². The van der Waals surface area contributed by atoms with Gasteiger partial charge in [0.25, 0.3) is 0 Å². The minimum atomic E-state index is -0.129. The van der Waals surface area contributed by atoms with Gasteiger partial charge >= 0.3 is 5.69 Å². The number of aryl methyl sites for hydroxylation is 1. The van der Waals surface area contributed by atoms with Crippen LogP contribution in [0, 0.1) is 0 Å². The summed E-state index contributed by atoms with van der Waals surface area (Å²) in [5, 5.41) is 1.49. The Labute approximate surface area is 219 Å². The van der Waals surface area contributed by atoms with Gasteiger partial charge in [0.05, 0.1) is 12.4 Å². The van der Waals surface area contributed by atoms with Gasteiger partial charge in [0.1, 0.15) is 23.8 Å². The smallest absolute Gasteiger partial charge is 0.345 e. The monoisotopic (exact) mass is 517 g/mol. The Balaban J connectivity index is 1.06. The molecule has 0 atom stereocenters. The zero-order chi connectivity index (χ0) is 25.8. The van der Waals surface area contributed by atoms with Crippen molar-refractivity contribution in [3.8, 4) is 5.75 Å². The number of piperazine rings is 1. The van der Waals surface area contributed by atoms with Crippen molar-refractivity contribution in [3.05, 3.63) is 64.6 Å². The first-order valence-electron chi connectivity index (χ1n) is 13.1. The van der Waals surface area contributed by atoms with Gasteiger partial charge in [-0.2, -0.15) is 4.98 Å². The van der Waals surface area contributed by atoms with E-state index in [-0.39, 0.29) is 12.4 Å². The number of hydrazine groups is 1. The number of nitrogens with two attached hydrogens (primary N) is 1. The minimum absolute atomic E-state index is 0.129. The number of anilines is 2. The second-order valence-electron chi connectivity index (χ2n) is 10.1. The third kappa shape index (κ3) is 3.96. The Kier molecular flexibility index (Phi) is 5.51. The number of fused-ring (bicyclic) bond motifs is 3. The van der Waals surface area contributed by atoms with Crippen LogP contribution in [0.3, 0.4) is 0 Å². The number of benzene rings is 1. The lowest BCUT2D eigenvalue weighted by Crippen LogP contribution is -2.47. The molecule has 4 aromatic rings. The van der Waals surface area contributed by atoms with Crippen molar-refractivity contribution >= 4 is 23.0 Å². The standard InChI is InChI=1S/C26H31N9O3/c1-30-26(36)33(25-29-24-23(35(25)30)22(28-17-34(24)27)21-3-2-16-37-21)15-12-31-10-13-32(14-11-31)18-4-6-19(7-5-18)38-20-8-9-20/h2-7,16,20H,8-15,17,27H2,1H3. The Bertz CT molecular complexity index is 1540. The van der Waals surface area contributed by atoms with Crippen molar-refractivity contribution in [2.75, 3.05) is 49.3 Å². The first-order valence-corrected chi connectivity index (χ1v) is 13.1. The van der Waals surface area contributed by atoms with Crippen molar-refractivity contribution in [1.82, 2.24) is 23.6 Å². The molecule has 1 aromatic carbocycles. The SMILES string of the molecule is Cn1c(=O)n(CCN2CCN(c3ccc(OC4CC4)cc3)CC2)c2nc3c(n21)C(c1ccco1)=NCN3N. The van der Waals surface area contributed by atoms with Crippen LogP contribution in [0.5, 0.6) is 5.75 Å². The molecular formula is C26H31N9O3. The van der Waals surface area contributed by atoms with Gasteiger partial charge in [0.15, 0.2) is 11.6 Å². The third-order valence-electron chi connectivity index (χ3n) is 7.54. The normalized spacial score (nSPS) is 18.2. The van der Waals surface area contributed by atoms with Crippen LogP contribution in [0.2, 0.25) is 0 Å². The predicted octanol–water partition coefficient (Wildman–Crippen LogP) is 1.28. The fourth-order valence-electron chi connectivity index (χ4n) is 5.28. The van der Waals surface area contributed by atoms with Crippen LogP contribution in [0.4, 0.5) is 11.5 Å². The van der Waals surface area contributed by atoms with Crippen molar-refractivity contribution < 1.29 is 9.15 Å². The highest BCUT2D eigenvalue weighted by Crippen LogP contribution is 2.29. The third-order valence-corrected chi connectivity index (χ3v) is 7.54. The summed E-state index contributed by atoms with van der Waals surface area (Å²) in [5.74, 6) is 8.90. The molecule has 5 heterocycles. The molecule has 3 aromatic heterocycles. The molecule has 0 amide bonds. The lowest BCUT2D eigenvalue weighted by molar-refractivity contribution is 0.248. The number of hydrogen-bond donors (Lipinski definition) is 1.